The Morgan fingerprint density at radius 2 is 0.925 bits per heavy atom. The molecule has 7 heteroatoms. The van der Waals surface area contributed by atoms with Crippen LogP contribution in [0.2, 0.25) is 0 Å². The van der Waals surface area contributed by atoms with Gasteiger partial charge < -0.3 is 9.97 Å². The molecule has 0 saturated carbocycles. The molecular formula is C33H21F3N4. The molecule has 0 atom stereocenters. The molecular weight excluding hydrogens is 509 g/mol. The molecule has 40 heavy (non-hydrogen) atoms. The van der Waals surface area contributed by atoms with Crippen LogP contribution in [0.3, 0.4) is 0 Å². The van der Waals surface area contributed by atoms with E-state index in [0.29, 0.717) is 22.5 Å². The minimum absolute atomic E-state index is 0.172. The van der Waals surface area contributed by atoms with E-state index >= 15 is 0 Å². The zero-order chi connectivity index (χ0) is 27.3. The van der Waals surface area contributed by atoms with Crippen molar-refractivity contribution in [3.05, 3.63) is 119 Å². The predicted octanol–water partition coefficient (Wildman–Crippen LogP) is 9.01. The third-order valence-electron chi connectivity index (χ3n) is 6.98. The van der Waals surface area contributed by atoms with Crippen LogP contribution in [0.25, 0.3) is 68.6 Å². The Balaban J connectivity index is 1.66. The van der Waals surface area contributed by atoms with Crippen molar-refractivity contribution in [1.82, 2.24) is 19.9 Å². The molecule has 8 bridgehead atoms. The highest BCUT2D eigenvalue weighted by Crippen LogP contribution is 2.39. The molecule has 2 aliphatic heterocycles. The van der Waals surface area contributed by atoms with E-state index in [1.165, 1.54) is 12.2 Å². The van der Waals surface area contributed by atoms with Crippen molar-refractivity contribution in [3.8, 4) is 22.3 Å². The third-order valence-corrected chi connectivity index (χ3v) is 6.98. The van der Waals surface area contributed by atoms with Gasteiger partial charge in [-0.1, -0.05) is 60.7 Å². The Morgan fingerprint density at radius 1 is 0.500 bits per heavy atom. The Kier molecular flexibility index (Phi) is 5.52. The first-order chi connectivity index (χ1) is 19.4. The van der Waals surface area contributed by atoms with E-state index < -0.39 is 11.7 Å². The van der Waals surface area contributed by atoms with Crippen molar-refractivity contribution in [1.29, 1.82) is 0 Å². The number of aromatic nitrogens is 4. The Bertz CT molecular complexity index is 1840. The SMILES string of the molecule is FC(F)(F)c1c2nc(c(-c3ccccc3)c3ccc(cc4ccc([nH]4)c(-c4ccccc4)c4nc1C=C4)[nH]3)C=C2. The zero-order valence-corrected chi connectivity index (χ0v) is 21.0. The maximum absolute atomic E-state index is 14.6. The van der Waals surface area contributed by atoms with E-state index in [0.717, 1.165) is 33.2 Å². The first-order valence-electron chi connectivity index (χ1n) is 12.8. The lowest BCUT2D eigenvalue weighted by Crippen LogP contribution is -2.10. The van der Waals surface area contributed by atoms with Gasteiger partial charge in [-0.05, 0) is 65.8 Å². The fourth-order valence-electron chi connectivity index (χ4n) is 5.25. The smallest absolute Gasteiger partial charge is 0.355 e. The summed E-state index contributed by atoms with van der Waals surface area (Å²) in [6.07, 6.45) is 1.43. The van der Waals surface area contributed by atoms with Gasteiger partial charge in [0.2, 0.25) is 0 Å². The van der Waals surface area contributed by atoms with Gasteiger partial charge in [0.15, 0.2) is 0 Å². The zero-order valence-electron chi connectivity index (χ0n) is 21.0. The topological polar surface area (TPSA) is 57.4 Å². The Hall–Kier alpha value is -5.17. The summed E-state index contributed by atoms with van der Waals surface area (Å²) in [6.45, 7) is 0. The summed E-state index contributed by atoms with van der Waals surface area (Å²) < 4.78 is 43.9. The molecule has 0 radical (unpaired) electrons. The summed E-state index contributed by atoms with van der Waals surface area (Å²) in [5.74, 6) is 0. The summed E-state index contributed by atoms with van der Waals surface area (Å²) in [5.41, 5.74) is 5.95. The van der Waals surface area contributed by atoms with Crippen molar-refractivity contribution in [3.63, 3.8) is 0 Å². The molecule has 0 spiro atoms. The number of halogens is 3. The molecule has 3 aromatic heterocycles. The number of H-pyrrole nitrogens is 2. The molecule has 7 rings (SSSR count). The molecule has 2 aromatic carbocycles. The number of hydrogen-bond acceptors (Lipinski definition) is 2. The molecule has 2 N–H and O–H groups in total. The summed E-state index contributed by atoms with van der Waals surface area (Å²) in [7, 11) is 0. The number of benzene rings is 2. The molecule has 194 valence electrons. The minimum Gasteiger partial charge on any atom is -0.355 e. The van der Waals surface area contributed by atoms with Gasteiger partial charge in [0, 0.05) is 33.2 Å². The Morgan fingerprint density at radius 3 is 1.35 bits per heavy atom. The highest BCUT2D eigenvalue weighted by atomic mass is 19.4. The van der Waals surface area contributed by atoms with Crippen LogP contribution in [0.15, 0.2) is 91.0 Å². The van der Waals surface area contributed by atoms with E-state index in [9.17, 15) is 13.2 Å². The number of hydrogen-bond donors (Lipinski definition) is 2. The van der Waals surface area contributed by atoms with Gasteiger partial charge >= 0.3 is 6.18 Å². The standard InChI is InChI=1S/C33H21F3N4/c34-33(35,36)32-28-17-15-26(39-28)30(20-7-3-1-4-8-20)24-13-11-22(37-24)19-23-12-14-25(38-23)31(21-9-5-2-6-10-21)27-16-18-29(32)40-27/h1-19,37-38H. The maximum atomic E-state index is 14.6. The number of rotatable bonds is 2. The lowest BCUT2D eigenvalue weighted by atomic mass is 10.0. The number of aromatic amines is 2. The third kappa shape index (κ3) is 4.22. The second-order valence-corrected chi connectivity index (χ2v) is 9.59. The van der Waals surface area contributed by atoms with Gasteiger partial charge in [-0.15, -0.1) is 0 Å². The molecule has 5 aromatic rings. The first kappa shape index (κ1) is 23.9. The van der Waals surface area contributed by atoms with Crippen LogP contribution >= 0.6 is 0 Å². The average Bonchev–Trinajstić information content (AvgIpc) is 3.76. The van der Waals surface area contributed by atoms with Crippen molar-refractivity contribution in [2.75, 3.05) is 0 Å². The molecule has 0 fully saturated rings. The number of nitrogens with zero attached hydrogens (tertiary/aromatic N) is 2. The summed E-state index contributed by atoms with van der Waals surface area (Å²) in [6, 6.07) is 28.8. The first-order valence-corrected chi connectivity index (χ1v) is 12.8. The minimum atomic E-state index is -4.67. The van der Waals surface area contributed by atoms with E-state index in [1.54, 1.807) is 12.2 Å². The highest BCUT2D eigenvalue weighted by Gasteiger charge is 2.37. The van der Waals surface area contributed by atoms with Crippen molar-refractivity contribution in [2.45, 2.75) is 6.18 Å². The van der Waals surface area contributed by atoms with Gasteiger partial charge in [-0.3, -0.25) is 0 Å². The highest BCUT2D eigenvalue weighted by molar-refractivity contribution is 5.93. The quantitative estimate of drug-likeness (QED) is 0.234. The average molecular weight is 531 g/mol. The van der Waals surface area contributed by atoms with Gasteiger partial charge in [0.1, 0.15) is 5.56 Å². The van der Waals surface area contributed by atoms with Crippen LogP contribution in [0.4, 0.5) is 13.2 Å². The summed E-state index contributed by atoms with van der Waals surface area (Å²) in [4.78, 5) is 15.9. The van der Waals surface area contributed by atoms with Gasteiger partial charge in [0.25, 0.3) is 0 Å². The second-order valence-electron chi connectivity index (χ2n) is 9.59. The monoisotopic (exact) mass is 530 g/mol. The van der Waals surface area contributed by atoms with Crippen LogP contribution in [-0.4, -0.2) is 19.9 Å². The van der Waals surface area contributed by atoms with Crippen molar-refractivity contribution < 1.29 is 13.2 Å². The fourth-order valence-corrected chi connectivity index (χ4v) is 5.25. The molecule has 0 unspecified atom stereocenters. The normalized spacial score (nSPS) is 12.7. The van der Waals surface area contributed by atoms with Crippen LogP contribution in [0, 0.1) is 0 Å². The van der Waals surface area contributed by atoms with E-state index in [-0.39, 0.29) is 11.4 Å². The van der Waals surface area contributed by atoms with Crippen LogP contribution < -0.4 is 0 Å². The fraction of sp³-hybridized carbons (Fsp3) is 0.0303. The van der Waals surface area contributed by atoms with E-state index in [2.05, 4.69) is 19.9 Å². The van der Waals surface area contributed by atoms with E-state index in [1.807, 2.05) is 91.0 Å². The maximum Gasteiger partial charge on any atom is 0.420 e. The van der Waals surface area contributed by atoms with Crippen molar-refractivity contribution in [2.24, 2.45) is 0 Å². The molecule has 5 heterocycles. The second kappa shape index (κ2) is 9.24. The lowest BCUT2D eigenvalue weighted by molar-refractivity contribution is -0.138. The van der Waals surface area contributed by atoms with Gasteiger partial charge in [-0.2, -0.15) is 13.2 Å². The number of alkyl halides is 3. The predicted molar refractivity (Wildman–Crippen MR) is 155 cm³/mol. The van der Waals surface area contributed by atoms with Crippen LogP contribution in [0.1, 0.15) is 28.3 Å². The van der Waals surface area contributed by atoms with Gasteiger partial charge in [-0.25, -0.2) is 9.97 Å². The molecule has 2 aliphatic rings. The van der Waals surface area contributed by atoms with Crippen LogP contribution in [0.5, 0.6) is 0 Å². The summed E-state index contributed by atoms with van der Waals surface area (Å²) in [5, 5.41) is 0. The summed E-state index contributed by atoms with van der Waals surface area (Å²) >= 11 is 0. The lowest BCUT2D eigenvalue weighted by Gasteiger charge is -2.09. The number of fused-ring (bicyclic) bond motifs is 8. The Labute approximate surface area is 227 Å². The number of nitrogens with one attached hydrogen (secondary N) is 2. The van der Waals surface area contributed by atoms with E-state index in [4.69, 9.17) is 0 Å². The van der Waals surface area contributed by atoms with Crippen LogP contribution in [-0.2, 0) is 6.18 Å². The van der Waals surface area contributed by atoms with Gasteiger partial charge in [0.05, 0.1) is 22.8 Å². The largest absolute Gasteiger partial charge is 0.420 e. The molecule has 0 amide bonds. The molecule has 4 nitrogen and oxygen atoms in total. The molecule has 0 saturated heterocycles. The molecule has 0 aliphatic carbocycles. The van der Waals surface area contributed by atoms with Crippen molar-refractivity contribution >= 4 is 46.4 Å².